The normalized spacial score (nSPS) is 11.4. The Morgan fingerprint density at radius 3 is 2.35 bits per heavy atom. The Bertz CT molecular complexity index is 486. The van der Waals surface area contributed by atoms with Crippen LogP contribution in [-0.2, 0) is 11.2 Å². The number of ketones is 1. The highest BCUT2D eigenvalue weighted by Gasteiger charge is 2.02. The summed E-state index contributed by atoms with van der Waals surface area (Å²) in [6.07, 6.45) is 4.46. The van der Waals surface area contributed by atoms with Crippen LogP contribution < -0.4 is 0 Å². The monoisotopic (exact) mass is 276 g/mol. The van der Waals surface area contributed by atoms with E-state index < -0.39 is 5.97 Å². The summed E-state index contributed by atoms with van der Waals surface area (Å²) in [5, 5.41) is 17.6. The molecule has 1 aromatic carbocycles. The lowest BCUT2D eigenvalue weighted by atomic mass is 10.0. The number of aryl methyl sites for hydroxylation is 1. The van der Waals surface area contributed by atoms with Gasteiger partial charge in [-0.15, -0.1) is 0 Å². The number of carbonyl (C=O) groups excluding carboxylic acids is 1. The largest absolute Gasteiger partial charge is 0.478 e. The second kappa shape index (κ2) is 8.27. The van der Waals surface area contributed by atoms with Crippen molar-refractivity contribution in [1.82, 2.24) is 0 Å². The molecular weight excluding hydrogens is 256 g/mol. The van der Waals surface area contributed by atoms with Gasteiger partial charge in [-0.1, -0.05) is 12.1 Å². The summed E-state index contributed by atoms with van der Waals surface area (Å²) in [6, 6.07) is 6.80. The Hall–Kier alpha value is -1.94. The average molecular weight is 276 g/mol. The molecule has 4 nitrogen and oxygen atoms in total. The lowest BCUT2D eigenvalue weighted by Crippen LogP contribution is -1.98. The van der Waals surface area contributed by atoms with Crippen molar-refractivity contribution in [1.29, 1.82) is 0 Å². The van der Waals surface area contributed by atoms with Crippen LogP contribution in [0.2, 0.25) is 0 Å². The van der Waals surface area contributed by atoms with Crippen LogP contribution in [0.1, 0.15) is 42.1 Å². The Morgan fingerprint density at radius 1 is 1.15 bits per heavy atom. The molecule has 0 atom stereocenters. The molecule has 0 saturated carbocycles. The highest BCUT2D eigenvalue weighted by atomic mass is 16.4. The number of aliphatic hydroxyl groups is 1. The van der Waals surface area contributed by atoms with E-state index in [2.05, 4.69) is 0 Å². The number of hydrogen-bond acceptors (Lipinski definition) is 3. The van der Waals surface area contributed by atoms with Crippen molar-refractivity contribution in [3.8, 4) is 0 Å². The molecule has 1 rings (SSSR count). The van der Waals surface area contributed by atoms with E-state index in [1.807, 2.05) is 0 Å². The van der Waals surface area contributed by atoms with E-state index >= 15 is 0 Å². The zero-order valence-corrected chi connectivity index (χ0v) is 11.6. The van der Waals surface area contributed by atoms with Crippen molar-refractivity contribution in [3.05, 3.63) is 47.0 Å². The van der Waals surface area contributed by atoms with E-state index in [4.69, 9.17) is 10.2 Å². The second-order valence-corrected chi connectivity index (χ2v) is 4.82. The highest BCUT2D eigenvalue weighted by Crippen LogP contribution is 2.09. The molecular formula is C16H20O4. The summed E-state index contributed by atoms with van der Waals surface area (Å²) in [5.41, 5.74) is 2.04. The Morgan fingerprint density at radius 2 is 1.80 bits per heavy atom. The van der Waals surface area contributed by atoms with Gasteiger partial charge in [0.15, 0.2) is 5.78 Å². The smallest absolute Gasteiger partial charge is 0.335 e. The molecule has 0 aliphatic heterocycles. The topological polar surface area (TPSA) is 74.6 Å². The van der Waals surface area contributed by atoms with Gasteiger partial charge in [0.25, 0.3) is 0 Å². The highest BCUT2D eigenvalue weighted by molar-refractivity contribution is 5.90. The summed E-state index contributed by atoms with van der Waals surface area (Å²) in [6.45, 7) is 1.64. The second-order valence-electron chi connectivity index (χ2n) is 4.82. The van der Waals surface area contributed by atoms with Gasteiger partial charge in [-0.2, -0.15) is 0 Å². The van der Waals surface area contributed by atoms with Gasteiger partial charge in [-0.05, 0) is 55.5 Å². The standard InChI is InChI=1S/C16H20O4/c1-12(11-17)10-15(18)5-3-2-4-13-6-8-14(9-7-13)16(19)20/h6-10,17H,2-5,11H2,1H3,(H,19,20)/b12-10+. The first-order chi connectivity index (χ1) is 9.52. The third-order valence-electron chi connectivity index (χ3n) is 3.00. The summed E-state index contributed by atoms with van der Waals surface area (Å²) >= 11 is 0. The van der Waals surface area contributed by atoms with E-state index in [9.17, 15) is 9.59 Å². The maximum Gasteiger partial charge on any atom is 0.335 e. The van der Waals surface area contributed by atoms with Crippen LogP contribution in [0, 0.1) is 0 Å². The molecule has 0 amide bonds. The van der Waals surface area contributed by atoms with Gasteiger partial charge in [0.2, 0.25) is 0 Å². The van der Waals surface area contributed by atoms with Gasteiger partial charge in [0, 0.05) is 6.42 Å². The van der Waals surface area contributed by atoms with Crippen LogP contribution in [0.5, 0.6) is 0 Å². The van der Waals surface area contributed by atoms with E-state index in [-0.39, 0.29) is 18.0 Å². The fourth-order valence-corrected chi connectivity index (χ4v) is 1.83. The number of benzene rings is 1. The van der Waals surface area contributed by atoms with Crippen LogP contribution in [-0.4, -0.2) is 28.6 Å². The fraction of sp³-hybridized carbons (Fsp3) is 0.375. The summed E-state index contributed by atoms with van der Waals surface area (Å²) in [5.74, 6) is -0.883. The maximum absolute atomic E-state index is 11.5. The first-order valence-corrected chi connectivity index (χ1v) is 6.66. The van der Waals surface area contributed by atoms with Gasteiger partial charge < -0.3 is 10.2 Å². The quantitative estimate of drug-likeness (QED) is 0.565. The van der Waals surface area contributed by atoms with Crippen molar-refractivity contribution in [2.75, 3.05) is 6.61 Å². The molecule has 0 radical (unpaired) electrons. The van der Waals surface area contributed by atoms with Gasteiger partial charge >= 0.3 is 5.97 Å². The number of rotatable bonds is 8. The molecule has 0 spiro atoms. The maximum atomic E-state index is 11.5. The third-order valence-corrected chi connectivity index (χ3v) is 3.00. The van der Waals surface area contributed by atoms with Crippen molar-refractivity contribution in [3.63, 3.8) is 0 Å². The Kier molecular flexibility index (Phi) is 6.67. The molecule has 1 aromatic rings. The predicted molar refractivity (Wildman–Crippen MR) is 76.8 cm³/mol. The Balaban J connectivity index is 2.31. The number of carbonyl (C=O) groups is 2. The van der Waals surface area contributed by atoms with Gasteiger partial charge in [-0.3, -0.25) is 4.79 Å². The molecule has 0 aliphatic rings. The molecule has 0 fully saturated rings. The first-order valence-electron chi connectivity index (χ1n) is 6.66. The van der Waals surface area contributed by atoms with Crippen molar-refractivity contribution in [2.24, 2.45) is 0 Å². The summed E-state index contributed by atoms with van der Waals surface area (Å²) in [4.78, 5) is 22.2. The number of allylic oxidation sites excluding steroid dienone is 1. The van der Waals surface area contributed by atoms with Gasteiger partial charge in [0.1, 0.15) is 0 Å². The molecule has 20 heavy (non-hydrogen) atoms. The van der Waals surface area contributed by atoms with Crippen molar-refractivity contribution < 1.29 is 19.8 Å². The van der Waals surface area contributed by atoms with E-state index in [0.717, 1.165) is 24.8 Å². The molecule has 2 N–H and O–H groups in total. The summed E-state index contributed by atoms with van der Waals surface area (Å²) in [7, 11) is 0. The lowest BCUT2D eigenvalue weighted by molar-refractivity contribution is -0.114. The number of aliphatic hydroxyl groups excluding tert-OH is 1. The number of aromatic carboxylic acids is 1. The van der Waals surface area contributed by atoms with Crippen LogP contribution in [0.15, 0.2) is 35.9 Å². The zero-order valence-electron chi connectivity index (χ0n) is 11.6. The molecule has 4 heteroatoms. The molecule has 108 valence electrons. The minimum Gasteiger partial charge on any atom is -0.478 e. The Labute approximate surface area is 118 Å². The molecule has 0 unspecified atom stereocenters. The predicted octanol–water partition coefficient (Wildman–Crippen LogP) is 2.61. The molecule has 0 saturated heterocycles. The summed E-state index contributed by atoms with van der Waals surface area (Å²) < 4.78 is 0. The molecule has 0 aliphatic carbocycles. The zero-order chi connectivity index (χ0) is 15.0. The van der Waals surface area contributed by atoms with Crippen LogP contribution in [0.3, 0.4) is 0 Å². The van der Waals surface area contributed by atoms with Crippen LogP contribution in [0.4, 0.5) is 0 Å². The number of carboxylic acid groups (broad SMARTS) is 1. The molecule has 0 aromatic heterocycles. The minimum absolute atomic E-state index is 0.0396. The van der Waals surface area contributed by atoms with Gasteiger partial charge in [-0.25, -0.2) is 4.79 Å². The van der Waals surface area contributed by atoms with Crippen molar-refractivity contribution in [2.45, 2.75) is 32.6 Å². The fourth-order valence-electron chi connectivity index (χ4n) is 1.83. The van der Waals surface area contributed by atoms with Crippen molar-refractivity contribution >= 4 is 11.8 Å². The molecule has 0 bridgehead atoms. The van der Waals surface area contributed by atoms with Gasteiger partial charge in [0.05, 0.1) is 12.2 Å². The number of hydrogen-bond donors (Lipinski definition) is 2. The SMILES string of the molecule is C/C(=C\C(=O)CCCCc1ccc(C(=O)O)cc1)CO. The number of unbranched alkanes of at least 4 members (excludes halogenated alkanes) is 1. The average Bonchev–Trinajstić information content (AvgIpc) is 2.44. The van der Waals surface area contributed by atoms with E-state index in [1.54, 1.807) is 31.2 Å². The van der Waals surface area contributed by atoms with E-state index in [1.165, 1.54) is 6.08 Å². The first kappa shape index (κ1) is 16.1. The number of carboxylic acids is 1. The van der Waals surface area contributed by atoms with E-state index in [0.29, 0.717) is 12.0 Å². The van der Waals surface area contributed by atoms with Crippen LogP contribution in [0.25, 0.3) is 0 Å². The minimum atomic E-state index is -0.923. The third kappa shape index (κ3) is 5.80. The lowest BCUT2D eigenvalue weighted by Gasteiger charge is -2.02. The molecule has 0 heterocycles. The van der Waals surface area contributed by atoms with Crippen LogP contribution >= 0.6 is 0 Å².